The molecule has 1 amide bonds. The second kappa shape index (κ2) is 8.87. The van der Waals surface area contributed by atoms with Crippen LogP contribution < -0.4 is 15.8 Å². The smallest absolute Gasteiger partial charge is 0.269 e. The lowest BCUT2D eigenvalue weighted by atomic mass is 10.0. The van der Waals surface area contributed by atoms with Gasteiger partial charge in [0.15, 0.2) is 0 Å². The monoisotopic (exact) mass is 466 g/mol. The molecule has 3 aromatic heterocycles. The maximum absolute atomic E-state index is 12.7. The fourth-order valence-electron chi connectivity index (χ4n) is 5.13. The maximum atomic E-state index is 12.7. The summed E-state index contributed by atoms with van der Waals surface area (Å²) in [5, 5.41) is 3.36. The lowest BCUT2D eigenvalue weighted by Gasteiger charge is -2.37. The molecule has 9 heteroatoms. The number of aromatic nitrogens is 3. The molecule has 5 rings (SSSR count). The van der Waals surface area contributed by atoms with Crippen LogP contribution in [0.4, 0.5) is 5.69 Å². The number of thiophene rings is 1. The zero-order valence-electron chi connectivity index (χ0n) is 19.4. The van der Waals surface area contributed by atoms with Crippen LogP contribution in [0.2, 0.25) is 0 Å². The van der Waals surface area contributed by atoms with Crippen molar-refractivity contribution >= 4 is 33.1 Å². The van der Waals surface area contributed by atoms with Gasteiger partial charge in [0.25, 0.3) is 11.5 Å². The molecule has 0 aromatic carbocycles. The maximum Gasteiger partial charge on any atom is 0.269 e. The van der Waals surface area contributed by atoms with E-state index in [1.807, 2.05) is 13.0 Å². The number of hydrogen-bond donors (Lipinski definition) is 2. The predicted octanol–water partition coefficient (Wildman–Crippen LogP) is 2.81. The number of amides is 1. The van der Waals surface area contributed by atoms with Gasteiger partial charge in [-0.3, -0.25) is 14.5 Å². The first-order valence-electron chi connectivity index (χ1n) is 11.6. The van der Waals surface area contributed by atoms with Gasteiger partial charge >= 0.3 is 0 Å². The Kier molecular flexibility index (Phi) is 5.92. The van der Waals surface area contributed by atoms with E-state index in [1.165, 1.54) is 4.88 Å². The first kappa shape index (κ1) is 22.0. The van der Waals surface area contributed by atoms with E-state index in [-0.39, 0.29) is 17.4 Å². The number of nitrogens with zero attached hydrogens (tertiary/aromatic N) is 4. The summed E-state index contributed by atoms with van der Waals surface area (Å²) < 4.78 is 0. The van der Waals surface area contributed by atoms with Crippen LogP contribution in [-0.4, -0.2) is 65.0 Å². The zero-order chi connectivity index (χ0) is 23.1. The van der Waals surface area contributed by atoms with Crippen LogP contribution in [0, 0.1) is 13.8 Å². The average Bonchev–Trinajstić information content (AvgIpc) is 3.44. The van der Waals surface area contributed by atoms with Crippen molar-refractivity contribution in [3.05, 3.63) is 50.6 Å². The molecule has 8 nitrogen and oxygen atoms in total. The van der Waals surface area contributed by atoms with Gasteiger partial charge in [-0.2, -0.15) is 0 Å². The number of fused-ring (bicyclic) bond motifs is 1. The molecule has 5 heterocycles. The first-order chi connectivity index (χ1) is 15.9. The van der Waals surface area contributed by atoms with Crippen molar-refractivity contribution in [3.8, 4) is 0 Å². The van der Waals surface area contributed by atoms with Gasteiger partial charge in [-0.05, 0) is 57.4 Å². The Bertz CT molecular complexity index is 1230. The highest BCUT2D eigenvalue weighted by Gasteiger charge is 2.33. The van der Waals surface area contributed by atoms with E-state index < -0.39 is 0 Å². The molecule has 2 aliphatic rings. The van der Waals surface area contributed by atoms with Crippen molar-refractivity contribution in [2.75, 3.05) is 38.1 Å². The molecule has 3 aromatic rings. The summed E-state index contributed by atoms with van der Waals surface area (Å²) >= 11 is 1.62. The highest BCUT2D eigenvalue weighted by atomic mass is 32.1. The first-order valence-corrected chi connectivity index (χ1v) is 12.4. The Hall–Kier alpha value is -2.78. The number of aromatic amines is 1. The fourth-order valence-corrected chi connectivity index (χ4v) is 6.17. The molecular formula is C24H30N6O2S. The molecule has 2 N–H and O–H groups in total. The number of hydrogen-bond acceptors (Lipinski definition) is 7. The highest BCUT2D eigenvalue weighted by Crippen LogP contribution is 2.32. The number of piperidine rings is 1. The topological polar surface area (TPSA) is 94.2 Å². The lowest BCUT2D eigenvalue weighted by Crippen LogP contribution is -2.44. The quantitative estimate of drug-likeness (QED) is 0.614. The summed E-state index contributed by atoms with van der Waals surface area (Å²) in [6.45, 7) is 7.99. The predicted molar refractivity (Wildman–Crippen MR) is 132 cm³/mol. The molecule has 0 bridgehead atoms. The van der Waals surface area contributed by atoms with Gasteiger partial charge in [-0.15, -0.1) is 11.3 Å². The van der Waals surface area contributed by atoms with E-state index >= 15 is 0 Å². The second-order valence-electron chi connectivity index (χ2n) is 9.09. The molecule has 174 valence electrons. The molecule has 0 saturated carbocycles. The number of likely N-dealkylation sites (tertiary alicyclic amines) is 1. The third-order valence-electron chi connectivity index (χ3n) is 7.22. The summed E-state index contributed by atoms with van der Waals surface area (Å²) in [4.78, 5) is 43.6. The normalized spacial score (nSPS) is 20.0. The van der Waals surface area contributed by atoms with Gasteiger partial charge in [-0.25, -0.2) is 9.97 Å². The Morgan fingerprint density at radius 2 is 1.97 bits per heavy atom. The van der Waals surface area contributed by atoms with E-state index in [1.54, 1.807) is 30.6 Å². The third kappa shape index (κ3) is 4.15. The van der Waals surface area contributed by atoms with Crippen molar-refractivity contribution in [2.45, 2.75) is 45.1 Å². The molecule has 33 heavy (non-hydrogen) atoms. The van der Waals surface area contributed by atoms with Gasteiger partial charge in [0.05, 0.1) is 17.3 Å². The van der Waals surface area contributed by atoms with Crippen molar-refractivity contribution < 1.29 is 4.79 Å². The van der Waals surface area contributed by atoms with E-state index in [9.17, 15) is 9.59 Å². The summed E-state index contributed by atoms with van der Waals surface area (Å²) in [5.74, 6) is 0.962. The molecule has 0 radical (unpaired) electrons. The number of aryl methyl sites for hydroxylation is 2. The Balaban J connectivity index is 1.21. The van der Waals surface area contributed by atoms with E-state index in [2.05, 4.69) is 32.0 Å². The third-order valence-corrected chi connectivity index (χ3v) is 8.32. The Labute approximate surface area is 197 Å². The van der Waals surface area contributed by atoms with Crippen molar-refractivity contribution in [1.82, 2.24) is 25.2 Å². The molecule has 2 aliphatic heterocycles. The molecule has 1 atom stereocenters. The number of carbonyl (C=O) groups is 1. The van der Waals surface area contributed by atoms with E-state index in [4.69, 9.17) is 4.98 Å². The minimum Gasteiger partial charge on any atom is -0.370 e. The van der Waals surface area contributed by atoms with Crippen molar-refractivity contribution in [2.24, 2.45) is 0 Å². The number of anilines is 1. The number of nitrogens with one attached hydrogen (secondary N) is 2. The average molecular weight is 467 g/mol. The molecule has 2 fully saturated rings. The largest absolute Gasteiger partial charge is 0.370 e. The Morgan fingerprint density at radius 1 is 1.18 bits per heavy atom. The number of pyridine rings is 1. The van der Waals surface area contributed by atoms with Crippen molar-refractivity contribution in [3.63, 3.8) is 0 Å². The molecule has 0 spiro atoms. The van der Waals surface area contributed by atoms with Gasteiger partial charge in [0.2, 0.25) is 0 Å². The fraction of sp³-hybridized carbons (Fsp3) is 0.500. The van der Waals surface area contributed by atoms with Gasteiger partial charge in [0, 0.05) is 43.5 Å². The van der Waals surface area contributed by atoms with Crippen LogP contribution >= 0.6 is 11.3 Å². The number of H-pyrrole nitrogens is 1. The van der Waals surface area contributed by atoms with Crippen LogP contribution in [0.3, 0.4) is 0 Å². The molecule has 1 unspecified atom stereocenters. The molecular weight excluding hydrogens is 436 g/mol. The number of rotatable bonds is 4. The SMILES string of the molecule is CNC(=O)c1ccc(N2CCC(N3CCC(c4nc5sc(C)c(C)c5c(=O)[nH]4)C3)CC2)cn1. The van der Waals surface area contributed by atoms with Crippen molar-refractivity contribution in [1.29, 1.82) is 0 Å². The van der Waals surface area contributed by atoms with Crippen LogP contribution in [0.1, 0.15) is 51.9 Å². The summed E-state index contributed by atoms with van der Waals surface area (Å²) in [7, 11) is 1.61. The highest BCUT2D eigenvalue weighted by molar-refractivity contribution is 7.18. The number of carbonyl (C=O) groups excluding carboxylic acids is 1. The van der Waals surface area contributed by atoms with Gasteiger partial charge < -0.3 is 15.2 Å². The second-order valence-corrected chi connectivity index (χ2v) is 10.3. The van der Waals surface area contributed by atoms with Crippen LogP contribution in [0.25, 0.3) is 10.2 Å². The minimum absolute atomic E-state index is 0.000320. The van der Waals surface area contributed by atoms with Gasteiger partial charge in [0.1, 0.15) is 16.3 Å². The summed E-state index contributed by atoms with van der Waals surface area (Å²) in [5.41, 5.74) is 2.56. The molecule has 2 saturated heterocycles. The van der Waals surface area contributed by atoms with E-state index in [0.29, 0.717) is 11.7 Å². The summed E-state index contributed by atoms with van der Waals surface area (Å²) in [6.07, 6.45) is 5.01. The van der Waals surface area contributed by atoms with Crippen LogP contribution in [0.5, 0.6) is 0 Å². The van der Waals surface area contributed by atoms with Crippen LogP contribution in [-0.2, 0) is 0 Å². The van der Waals surface area contributed by atoms with Crippen LogP contribution in [0.15, 0.2) is 23.1 Å². The standard InChI is InChI=1S/C24H30N6O2S/c1-14-15(2)33-24-20(14)23(32)27-21(28-24)16-6-9-30(13-16)17-7-10-29(11-8-17)18-4-5-19(26-12-18)22(31)25-3/h4-5,12,16-17H,6-11,13H2,1-3H3,(H,25,31)(H,27,28,32). The Morgan fingerprint density at radius 3 is 2.67 bits per heavy atom. The zero-order valence-corrected chi connectivity index (χ0v) is 20.2. The van der Waals surface area contributed by atoms with Gasteiger partial charge in [-0.1, -0.05) is 0 Å². The van der Waals surface area contributed by atoms with E-state index in [0.717, 1.165) is 72.7 Å². The minimum atomic E-state index is -0.164. The molecule has 0 aliphatic carbocycles. The lowest BCUT2D eigenvalue weighted by molar-refractivity contribution is 0.0958. The summed E-state index contributed by atoms with van der Waals surface area (Å²) in [6, 6.07) is 4.31.